The molecule has 2 aliphatic rings. The van der Waals surface area contributed by atoms with E-state index in [4.69, 9.17) is 16.3 Å². The molecule has 2 atom stereocenters. The van der Waals surface area contributed by atoms with Gasteiger partial charge in [-0.05, 0) is 68.3 Å². The van der Waals surface area contributed by atoms with Gasteiger partial charge in [-0.1, -0.05) is 48.8 Å². The molecule has 2 aromatic heterocycles. The Morgan fingerprint density at radius 1 is 1.20 bits per heavy atom. The molecule has 0 saturated carbocycles. The monoisotopic (exact) mass is 712 g/mol. The van der Waals surface area contributed by atoms with Crippen molar-refractivity contribution in [1.29, 1.82) is 5.26 Å². The lowest BCUT2D eigenvalue weighted by Gasteiger charge is -2.42. The Morgan fingerprint density at radius 2 is 1.89 bits per heavy atom. The lowest BCUT2D eigenvalue weighted by atomic mass is 9.96. The number of benzene rings is 2. The average molecular weight is 714 g/mol. The molecular weight excluding hydrogens is 679 g/mol. The number of anilines is 2. The number of ether oxygens (including phenoxy) is 1. The zero-order chi connectivity index (χ0) is 32.4. The van der Waals surface area contributed by atoms with Crippen LogP contribution >= 0.6 is 38.9 Å². The van der Waals surface area contributed by atoms with Crippen molar-refractivity contribution in [2.75, 3.05) is 29.9 Å². The van der Waals surface area contributed by atoms with Gasteiger partial charge in [0.1, 0.15) is 28.0 Å². The summed E-state index contributed by atoms with van der Waals surface area (Å²) >= 11 is 11.6. The highest BCUT2D eigenvalue weighted by Gasteiger charge is 2.45. The van der Waals surface area contributed by atoms with E-state index in [1.165, 1.54) is 11.3 Å². The molecular formula is C33H35BrClFN6O2S. The Balaban J connectivity index is 1.42. The van der Waals surface area contributed by atoms with E-state index in [0.717, 1.165) is 22.5 Å². The molecule has 12 heteroatoms. The molecule has 8 nitrogen and oxygen atoms in total. The zero-order valence-electron chi connectivity index (χ0n) is 26.1. The normalized spacial score (nSPS) is 18.5. The van der Waals surface area contributed by atoms with Crippen molar-refractivity contribution >= 4 is 76.8 Å². The second-order valence-corrected chi connectivity index (χ2v) is 16.2. The van der Waals surface area contributed by atoms with Gasteiger partial charge in [-0.15, -0.1) is 11.3 Å². The number of carbonyl (C=O) groups excluding carboxylic acids is 1. The molecule has 2 aromatic carbocycles. The minimum Gasteiger partial charge on any atom is -0.444 e. The summed E-state index contributed by atoms with van der Waals surface area (Å²) in [6, 6.07) is 9.72. The van der Waals surface area contributed by atoms with Gasteiger partial charge < -0.3 is 15.0 Å². The van der Waals surface area contributed by atoms with Crippen LogP contribution in [-0.4, -0.2) is 58.3 Å². The van der Waals surface area contributed by atoms with Crippen LogP contribution in [-0.2, 0) is 4.74 Å². The maximum absolute atomic E-state index is 16.7. The summed E-state index contributed by atoms with van der Waals surface area (Å²) in [4.78, 5) is 25.9. The van der Waals surface area contributed by atoms with E-state index in [1.807, 2.05) is 49.9 Å². The number of amides is 1. The number of nitriles is 1. The fourth-order valence-corrected chi connectivity index (χ4v) is 8.12. The first-order valence-electron chi connectivity index (χ1n) is 15.0. The van der Waals surface area contributed by atoms with Crippen LogP contribution in [0.2, 0.25) is 5.28 Å². The summed E-state index contributed by atoms with van der Waals surface area (Å²) in [5.41, 5.74) is 0.911. The second-order valence-electron chi connectivity index (χ2n) is 13.9. The summed E-state index contributed by atoms with van der Waals surface area (Å²) < 4.78 is 23.8. The first-order chi connectivity index (χ1) is 21.1. The molecule has 2 bridgehead atoms. The van der Waals surface area contributed by atoms with Gasteiger partial charge in [0.15, 0.2) is 5.82 Å². The number of fused-ring (bicyclic) bond motifs is 4. The molecule has 45 heavy (non-hydrogen) atoms. The van der Waals surface area contributed by atoms with Crippen LogP contribution < -0.4 is 10.2 Å². The largest absolute Gasteiger partial charge is 0.444 e. The van der Waals surface area contributed by atoms with Gasteiger partial charge in [-0.2, -0.15) is 10.2 Å². The summed E-state index contributed by atoms with van der Waals surface area (Å²) in [7, 11) is 0. The van der Waals surface area contributed by atoms with Gasteiger partial charge in [-0.25, -0.2) is 14.2 Å². The van der Waals surface area contributed by atoms with Gasteiger partial charge in [-0.3, -0.25) is 4.90 Å². The van der Waals surface area contributed by atoms with Crippen molar-refractivity contribution in [2.24, 2.45) is 5.41 Å². The van der Waals surface area contributed by atoms with Crippen molar-refractivity contribution in [2.45, 2.75) is 72.1 Å². The van der Waals surface area contributed by atoms with Crippen LogP contribution in [0.3, 0.4) is 0 Å². The number of aromatic nitrogens is 2. The Labute approximate surface area is 279 Å². The van der Waals surface area contributed by atoms with Crippen LogP contribution in [0.15, 0.2) is 28.7 Å². The quantitative estimate of drug-likeness (QED) is 0.211. The standard InChI is InChI=1S/C33H35BrClFN6O2S/c1-32(2,3)16-38-29-21(13-37)24-19(8-7-9-23(24)45-29)25-22(34)12-20-27(26(25)36)39-30(35)40-28(20)41-14-17-10-11-18(15-41)42(17)31(43)44-33(4,5)6/h7-9,12,17-18,38H,10-11,14-16H2,1-6H3. The number of piperazine rings is 1. The Bertz CT molecular complexity index is 1860. The number of hydrogen-bond acceptors (Lipinski definition) is 8. The van der Waals surface area contributed by atoms with Crippen LogP contribution in [0, 0.1) is 22.6 Å². The molecule has 4 aromatic rings. The van der Waals surface area contributed by atoms with Crippen LogP contribution in [0.25, 0.3) is 32.1 Å². The molecule has 2 unspecified atom stereocenters. The summed E-state index contributed by atoms with van der Waals surface area (Å²) in [5, 5.41) is 15.6. The molecule has 2 aliphatic heterocycles. The molecule has 1 amide bonds. The number of hydrogen-bond donors (Lipinski definition) is 1. The zero-order valence-corrected chi connectivity index (χ0v) is 29.3. The van der Waals surface area contributed by atoms with E-state index >= 15 is 4.39 Å². The van der Waals surface area contributed by atoms with Gasteiger partial charge in [0.2, 0.25) is 5.28 Å². The van der Waals surface area contributed by atoms with Crippen LogP contribution in [0.4, 0.5) is 20.0 Å². The van der Waals surface area contributed by atoms with E-state index in [2.05, 4.69) is 63.0 Å². The number of carbonyl (C=O) groups is 1. The molecule has 0 radical (unpaired) electrons. The van der Waals surface area contributed by atoms with Crippen LogP contribution in [0.5, 0.6) is 0 Å². The minimum absolute atomic E-state index is 0.0117. The van der Waals surface area contributed by atoms with Crippen LogP contribution in [0.1, 0.15) is 59.9 Å². The molecule has 2 saturated heterocycles. The van der Waals surface area contributed by atoms with Crippen molar-refractivity contribution < 1.29 is 13.9 Å². The van der Waals surface area contributed by atoms with Crippen molar-refractivity contribution in [3.8, 4) is 17.2 Å². The average Bonchev–Trinajstić information content (AvgIpc) is 3.44. The molecule has 236 valence electrons. The molecule has 6 rings (SSSR count). The number of nitrogens with one attached hydrogen (secondary N) is 1. The SMILES string of the molecule is CC(C)(C)CNc1sc2cccc(-c3c(Br)cc4c(N5CC6CCC(C5)N6C(=O)OC(C)(C)C)nc(Cl)nc4c3F)c2c1C#N. The highest BCUT2D eigenvalue weighted by Crippen LogP contribution is 2.46. The molecule has 0 aliphatic carbocycles. The minimum atomic E-state index is -0.586. The number of thiophene rings is 1. The first-order valence-corrected chi connectivity index (χ1v) is 17.0. The van der Waals surface area contributed by atoms with Gasteiger partial charge in [0, 0.05) is 45.1 Å². The summed E-state index contributed by atoms with van der Waals surface area (Å²) in [6.07, 6.45) is 1.38. The third kappa shape index (κ3) is 6.05. The fraction of sp³-hybridized carbons (Fsp3) is 0.455. The van der Waals surface area contributed by atoms with E-state index < -0.39 is 11.4 Å². The third-order valence-corrected chi connectivity index (χ3v) is 10.0. The van der Waals surface area contributed by atoms with E-state index in [-0.39, 0.29) is 34.4 Å². The summed E-state index contributed by atoms with van der Waals surface area (Å²) in [5.74, 6) is -0.0240. The number of nitrogens with zero attached hydrogens (tertiary/aromatic N) is 5. The Hall–Kier alpha value is -3.20. The van der Waals surface area contributed by atoms with E-state index in [1.54, 1.807) is 0 Å². The summed E-state index contributed by atoms with van der Waals surface area (Å²) in [6.45, 7) is 13.7. The van der Waals surface area contributed by atoms with Crippen molar-refractivity contribution in [1.82, 2.24) is 14.9 Å². The third-order valence-electron chi connectivity index (χ3n) is 8.10. The lowest BCUT2D eigenvalue weighted by molar-refractivity contribution is 0.0123. The second kappa shape index (κ2) is 11.6. The Morgan fingerprint density at radius 3 is 2.51 bits per heavy atom. The van der Waals surface area contributed by atoms with E-state index in [0.29, 0.717) is 57.4 Å². The highest BCUT2D eigenvalue weighted by atomic mass is 79.9. The van der Waals surface area contributed by atoms with Gasteiger partial charge in [0.25, 0.3) is 0 Å². The van der Waals surface area contributed by atoms with E-state index in [9.17, 15) is 10.1 Å². The van der Waals surface area contributed by atoms with Gasteiger partial charge >= 0.3 is 6.09 Å². The smallest absolute Gasteiger partial charge is 0.410 e. The predicted molar refractivity (Wildman–Crippen MR) is 183 cm³/mol. The fourth-order valence-electron chi connectivity index (χ4n) is 6.26. The van der Waals surface area contributed by atoms with Crippen molar-refractivity contribution in [3.63, 3.8) is 0 Å². The maximum Gasteiger partial charge on any atom is 0.410 e. The first kappa shape index (κ1) is 31.8. The molecule has 1 N–H and O–H groups in total. The number of rotatable bonds is 4. The maximum atomic E-state index is 16.7. The topological polar surface area (TPSA) is 94.4 Å². The van der Waals surface area contributed by atoms with Gasteiger partial charge in [0.05, 0.1) is 17.6 Å². The molecule has 0 spiro atoms. The Kier molecular flexibility index (Phi) is 8.15. The van der Waals surface area contributed by atoms with Crippen molar-refractivity contribution in [3.05, 3.63) is 45.4 Å². The number of halogens is 3. The predicted octanol–water partition coefficient (Wildman–Crippen LogP) is 8.98. The highest BCUT2D eigenvalue weighted by molar-refractivity contribution is 9.10. The molecule has 2 fully saturated rings. The molecule has 4 heterocycles. The lowest BCUT2D eigenvalue weighted by Crippen LogP contribution is -2.57.